The van der Waals surface area contributed by atoms with Crippen molar-refractivity contribution < 1.29 is 9.53 Å². The van der Waals surface area contributed by atoms with E-state index in [4.69, 9.17) is 9.72 Å². The molecule has 1 saturated carbocycles. The Bertz CT molecular complexity index is 1020. The van der Waals surface area contributed by atoms with Crippen molar-refractivity contribution in [3.05, 3.63) is 59.9 Å². The van der Waals surface area contributed by atoms with Gasteiger partial charge in [0.15, 0.2) is 0 Å². The average Bonchev–Trinajstić information content (AvgIpc) is 3.20. The number of hydrogen-bond acceptors (Lipinski definition) is 3. The highest BCUT2D eigenvalue weighted by molar-refractivity contribution is 5.78. The summed E-state index contributed by atoms with van der Waals surface area (Å²) in [5, 5.41) is 3.16. The molecule has 33 heavy (non-hydrogen) atoms. The molecule has 0 unspecified atom stereocenters. The number of carbonyl (C=O) groups excluding carboxylic acids is 1. The third-order valence-electron chi connectivity index (χ3n) is 6.65. The van der Waals surface area contributed by atoms with Gasteiger partial charge in [-0.3, -0.25) is 4.79 Å². The second-order valence-corrected chi connectivity index (χ2v) is 9.27. The van der Waals surface area contributed by atoms with Crippen molar-refractivity contribution in [3.8, 4) is 5.75 Å². The third kappa shape index (κ3) is 6.59. The molecule has 0 radical (unpaired) electrons. The van der Waals surface area contributed by atoms with Crippen LogP contribution in [-0.4, -0.2) is 28.6 Å². The molecule has 1 aliphatic carbocycles. The van der Waals surface area contributed by atoms with E-state index in [0.29, 0.717) is 0 Å². The van der Waals surface area contributed by atoms with Gasteiger partial charge in [-0.25, -0.2) is 4.98 Å². The van der Waals surface area contributed by atoms with Crippen molar-refractivity contribution in [2.75, 3.05) is 13.2 Å². The van der Waals surface area contributed by atoms with Crippen LogP contribution in [0.4, 0.5) is 0 Å². The Morgan fingerprint density at radius 1 is 1.03 bits per heavy atom. The number of aromatic nitrogens is 2. The number of fused-ring (bicyclic) bond motifs is 1. The summed E-state index contributed by atoms with van der Waals surface area (Å²) in [6.45, 7) is 4.46. The maximum Gasteiger partial charge on any atom is 0.223 e. The van der Waals surface area contributed by atoms with Crippen LogP contribution < -0.4 is 10.1 Å². The first-order valence-electron chi connectivity index (χ1n) is 12.6. The van der Waals surface area contributed by atoms with Gasteiger partial charge in [-0.05, 0) is 63.3 Å². The number of rotatable bonds is 11. The zero-order valence-electron chi connectivity index (χ0n) is 19.9. The van der Waals surface area contributed by atoms with E-state index in [1.165, 1.54) is 30.3 Å². The lowest BCUT2D eigenvalue weighted by Gasteiger charge is -2.20. The van der Waals surface area contributed by atoms with Crippen molar-refractivity contribution in [3.63, 3.8) is 0 Å². The monoisotopic (exact) mass is 447 g/mol. The Morgan fingerprint density at radius 2 is 1.82 bits per heavy atom. The van der Waals surface area contributed by atoms with Crippen molar-refractivity contribution in [2.24, 2.45) is 5.92 Å². The highest BCUT2D eigenvalue weighted by atomic mass is 16.5. The van der Waals surface area contributed by atoms with Crippen molar-refractivity contribution in [2.45, 2.75) is 71.3 Å². The summed E-state index contributed by atoms with van der Waals surface area (Å²) in [6, 6.07) is 16.6. The number of unbranched alkanes of at least 4 members (excludes halogenated alkanes) is 1. The fourth-order valence-corrected chi connectivity index (χ4v) is 4.73. The summed E-state index contributed by atoms with van der Waals surface area (Å²) in [5.74, 6) is 2.52. The predicted molar refractivity (Wildman–Crippen MR) is 134 cm³/mol. The van der Waals surface area contributed by atoms with E-state index in [-0.39, 0.29) is 11.8 Å². The summed E-state index contributed by atoms with van der Waals surface area (Å²) in [6.07, 6.45) is 9.59. The van der Waals surface area contributed by atoms with Gasteiger partial charge >= 0.3 is 0 Å². The molecule has 5 nitrogen and oxygen atoms in total. The zero-order chi connectivity index (χ0) is 22.9. The lowest BCUT2D eigenvalue weighted by molar-refractivity contribution is -0.125. The normalized spacial score (nSPS) is 14.5. The first-order valence-corrected chi connectivity index (χ1v) is 12.6. The van der Waals surface area contributed by atoms with Crippen LogP contribution in [0, 0.1) is 12.8 Å². The van der Waals surface area contributed by atoms with Gasteiger partial charge in [0.2, 0.25) is 5.91 Å². The molecule has 4 rings (SSSR count). The smallest absolute Gasteiger partial charge is 0.223 e. The van der Waals surface area contributed by atoms with E-state index < -0.39 is 0 Å². The minimum Gasteiger partial charge on any atom is -0.494 e. The molecule has 2 aromatic carbocycles. The van der Waals surface area contributed by atoms with Crippen molar-refractivity contribution in [1.82, 2.24) is 14.9 Å². The van der Waals surface area contributed by atoms with E-state index in [1.807, 2.05) is 18.2 Å². The highest BCUT2D eigenvalue weighted by Crippen LogP contribution is 2.23. The number of ether oxygens (including phenoxy) is 1. The lowest BCUT2D eigenvalue weighted by atomic mass is 9.89. The van der Waals surface area contributed by atoms with Gasteiger partial charge in [-0.2, -0.15) is 0 Å². The number of para-hydroxylation sites is 2. The molecule has 0 saturated heterocycles. The lowest BCUT2D eigenvalue weighted by Crippen LogP contribution is -2.32. The number of amides is 1. The van der Waals surface area contributed by atoms with E-state index in [2.05, 4.69) is 47.1 Å². The summed E-state index contributed by atoms with van der Waals surface area (Å²) in [4.78, 5) is 17.3. The molecule has 0 aliphatic heterocycles. The van der Waals surface area contributed by atoms with Crippen molar-refractivity contribution >= 4 is 16.9 Å². The van der Waals surface area contributed by atoms with Crippen LogP contribution in [0.15, 0.2) is 48.5 Å². The number of hydrogen-bond donors (Lipinski definition) is 1. The SMILES string of the molecule is Cc1ccc(OCCCCn2c(CCCNC(=O)C3CCCCC3)nc3ccccc32)cc1. The van der Waals surface area contributed by atoms with Gasteiger partial charge in [0.1, 0.15) is 11.6 Å². The maximum absolute atomic E-state index is 12.4. The second kappa shape index (κ2) is 11.9. The molecule has 5 heteroatoms. The Labute approximate surface area is 197 Å². The Kier molecular flexibility index (Phi) is 8.40. The first kappa shape index (κ1) is 23.3. The summed E-state index contributed by atoms with van der Waals surface area (Å²) < 4.78 is 8.24. The number of carbonyl (C=O) groups is 1. The molecule has 176 valence electrons. The molecular weight excluding hydrogens is 410 g/mol. The topological polar surface area (TPSA) is 56.1 Å². The largest absolute Gasteiger partial charge is 0.494 e. The average molecular weight is 448 g/mol. The fraction of sp³-hybridized carbons (Fsp3) is 0.500. The predicted octanol–water partition coefficient (Wildman–Crippen LogP) is 5.83. The van der Waals surface area contributed by atoms with Crippen molar-refractivity contribution in [1.29, 1.82) is 0 Å². The van der Waals surface area contributed by atoms with Gasteiger partial charge in [-0.15, -0.1) is 0 Å². The van der Waals surface area contributed by atoms with Gasteiger partial charge in [0.25, 0.3) is 0 Å². The number of nitrogens with one attached hydrogen (secondary N) is 1. The number of nitrogens with zero attached hydrogens (tertiary/aromatic N) is 2. The van der Waals surface area contributed by atoms with Crippen LogP contribution in [0.1, 0.15) is 62.8 Å². The molecule has 0 bridgehead atoms. The van der Waals surface area contributed by atoms with Gasteiger partial charge in [0.05, 0.1) is 17.6 Å². The van der Waals surface area contributed by atoms with Crippen LogP contribution in [-0.2, 0) is 17.8 Å². The second-order valence-electron chi connectivity index (χ2n) is 9.27. The van der Waals surface area contributed by atoms with E-state index >= 15 is 0 Å². The van der Waals surface area contributed by atoms with E-state index in [9.17, 15) is 4.79 Å². The Hall–Kier alpha value is -2.82. The molecule has 1 aliphatic rings. The van der Waals surface area contributed by atoms with Crippen LogP contribution >= 0.6 is 0 Å². The Morgan fingerprint density at radius 3 is 2.64 bits per heavy atom. The highest BCUT2D eigenvalue weighted by Gasteiger charge is 2.20. The van der Waals surface area contributed by atoms with E-state index in [1.54, 1.807) is 0 Å². The van der Waals surface area contributed by atoms with Crippen LogP contribution in [0.2, 0.25) is 0 Å². The molecular formula is C28H37N3O2. The van der Waals surface area contributed by atoms with Crippen LogP contribution in [0.25, 0.3) is 11.0 Å². The first-order chi connectivity index (χ1) is 16.2. The number of imidazole rings is 1. The summed E-state index contributed by atoms with van der Waals surface area (Å²) >= 11 is 0. The van der Waals surface area contributed by atoms with Crippen LogP contribution in [0.5, 0.6) is 5.75 Å². The van der Waals surface area contributed by atoms with Gasteiger partial charge in [0, 0.05) is 25.4 Å². The third-order valence-corrected chi connectivity index (χ3v) is 6.65. The van der Waals surface area contributed by atoms with Crippen LogP contribution in [0.3, 0.4) is 0 Å². The summed E-state index contributed by atoms with van der Waals surface area (Å²) in [5.41, 5.74) is 3.49. The quantitative estimate of drug-likeness (QED) is 0.376. The van der Waals surface area contributed by atoms with E-state index in [0.717, 1.165) is 75.3 Å². The molecule has 0 spiro atoms. The molecule has 1 amide bonds. The van der Waals surface area contributed by atoms with Gasteiger partial charge < -0.3 is 14.6 Å². The molecule has 0 atom stereocenters. The zero-order valence-corrected chi connectivity index (χ0v) is 19.9. The Balaban J connectivity index is 1.26. The number of aryl methyl sites for hydroxylation is 3. The molecule has 1 aromatic heterocycles. The minimum atomic E-state index is 0.227. The maximum atomic E-state index is 12.4. The minimum absolute atomic E-state index is 0.227. The molecule has 3 aromatic rings. The number of benzene rings is 2. The summed E-state index contributed by atoms with van der Waals surface area (Å²) in [7, 11) is 0. The molecule has 1 heterocycles. The molecule has 1 fully saturated rings. The molecule has 1 N–H and O–H groups in total. The standard InChI is InChI=1S/C28H37N3O2/c1-22-15-17-24(18-16-22)33-21-8-7-20-31-26-13-6-5-12-25(26)30-27(31)14-9-19-29-28(32)23-10-3-2-4-11-23/h5-6,12-13,15-18,23H,2-4,7-11,14,19-21H2,1H3,(H,29,32). The fourth-order valence-electron chi connectivity index (χ4n) is 4.73. The van der Waals surface area contributed by atoms with Gasteiger partial charge in [-0.1, -0.05) is 49.1 Å².